The molecule has 7 unspecified atom stereocenters. The van der Waals surface area contributed by atoms with E-state index in [9.17, 15) is 0 Å². The average molecular weight is 417 g/mol. The number of nitrogens with one attached hydrogen (secondary N) is 3. The lowest BCUT2D eigenvalue weighted by atomic mass is 9.62. The SMILES string of the molecule is CC1CCC(CNC2CCC3C(CCC4C3NC(C)NC4N3CCCCC3)C2)CC1. The molecular weight excluding hydrogens is 368 g/mol. The second-order valence-electron chi connectivity index (χ2n) is 11.8. The van der Waals surface area contributed by atoms with Crippen LogP contribution in [0.25, 0.3) is 0 Å². The molecular formula is C26H48N4. The lowest BCUT2D eigenvalue weighted by molar-refractivity contribution is -0.0373. The van der Waals surface area contributed by atoms with Gasteiger partial charge in [0, 0.05) is 18.0 Å². The van der Waals surface area contributed by atoms with E-state index in [1.54, 1.807) is 0 Å². The van der Waals surface area contributed by atoms with Crippen LogP contribution in [0.3, 0.4) is 0 Å². The Hall–Kier alpha value is -0.160. The summed E-state index contributed by atoms with van der Waals surface area (Å²) in [6, 6.07) is 1.53. The van der Waals surface area contributed by atoms with Crippen LogP contribution in [0.4, 0.5) is 0 Å². The Kier molecular flexibility index (Phi) is 7.06. The van der Waals surface area contributed by atoms with Gasteiger partial charge in [0.2, 0.25) is 0 Å². The van der Waals surface area contributed by atoms with Crippen LogP contribution in [0.2, 0.25) is 0 Å². The second kappa shape index (κ2) is 9.77. The third-order valence-corrected chi connectivity index (χ3v) is 9.72. The van der Waals surface area contributed by atoms with Crippen molar-refractivity contribution >= 4 is 0 Å². The van der Waals surface area contributed by atoms with Gasteiger partial charge in [-0.15, -0.1) is 0 Å². The number of hydrogen-bond acceptors (Lipinski definition) is 4. The molecule has 2 heterocycles. The van der Waals surface area contributed by atoms with E-state index in [1.165, 1.54) is 96.7 Å². The Morgan fingerprint density at radius 3 is 2.37 bits per heavy atom. The number of fused-ring (bicyclic) bond motifs is 3. The molecule has 5 aliphatic rings. The molecule has 5 fully saturated rings. The van der Waals surface area contributed by atoms with Crippen molar-refractivity contribution in [2.45, 2.75) is 115 Å². The Balaban J connectivity index is 1.16. The fourth-order valence-corrected chi connectivity index (χ4v) is 7.94. The standard InChI is InChI=1S/C26H48N4/c1-18-6-8-20(9-7-18)17-27-22-11-13-23-21(16-22)10-12-24-25(23)28-19(2)29-26(24)30-14-4-3-5-15-30/h18-29H,3-17H2,1-2H3. The lowest BCUT2D eigenvalue weighted by Crippen LogP contribution is -2.71. The van der Waals surface area contributed by atoms with Crippen LogP contribution in [-0.4, -0.2) is 48.9 Å². The molecule has 0 amide bonds. The third kappa shape index (κ3) is 4.77. The van der Waals surface area contributed by atoms with Crippen LogP contribution in [0, 0.1) is 29.6 Å². The maximum absolute atomic E-state index is 4.04. The summed E-state index contributed by atoms with van der Waals surface area (Å²) in [4.78, 5) is 2.80. The van der Waals surface area contributed by atoms with Gasteiger partial charge in [-0.05, 0) is 108 Å². The highest BCUT2D eigenvalue weighted by Crippen LogP contribution is 2.45. The molecule has 0 bridgehead atoms. The molecule has 2 saturated heterocycles. The van der Waals surface area contributed by atoms with Crippen molar-refractivity contribution < 1.29 is 0 Å². The molecule has 172 valence electrons. The minimum atomic E-state index is 0.460. The molecule has 3 N–H and O–H groups in total. The Morgan fingerprint density at radius 2 is 1.57 bits per heavy atom. The molecule has 0 aromatic rings. The quantitative estimate of drug-likeness (QED) is 0.638. The third-order valence-electron chi connectivity index (χ3n) is 9.72. The van der Waals surface area contributed by atoms with E-state index >= 15 is 0 Å². The fraction of sp³-hybridized carbons (Fsp3) is 1.00. The van der Waals surface area contributed by atoms with Gasteiger partial charge in [-0.25, -0.2) is 0 Å². The van der Waals surface area contributed by atoms with Crippen molar-refractivity contribution in [3.63, 3.8) is 0 Å². The van der Waals surface area contributed by atoms with Crippen LogP contribution >= 0.6 is 0 Å². The predicted molar refractivity (Wildman–Crippen MR) is 125 cm³/mol. The maximum atomic E-state index is 4.04. The molecule has 3 saturated carbocycles. The zero-order valence-corrected chi connectivity index (χ0v) is 19.7. The summed E-state index contributed by atoms with van der Waals surface area (Å²) < 4.78 is 0. The highest BCUT2D eigenvalue weighted by Gasteiger charge is 2.48. The smallest absolute Gasteiger partial charge is 0.0653 e. The molecule has 2 aliphatic heterocycles. The van der Waals surface area contributed by atoms with Gasteiger partial charge in [0.05, 0.1) is 12.3 Å². The zero-order valence-electron chi connectivity index (χ0n) is 19.7. The maximum Gasteiger partial charge on any atom is 0.0653 e. The van der Waals surface area contributed by atoms with Crippen LogP contribution in [0.15, 0.2) is 0 Å². The Bertz CT molecular complexity index is 539. The molecule has 4 nitrogen and oxygen atoms in total. The lowest BCUT2D eigenvalue weighted by Gasteiger charge is -2.56. The highest BCUT2D eigenvalue weighted by molar-refractivity contribution is 5.03. The van der Waals surface area contributed by atoms with Gasteiger partial charge < -0.3 is 5.32 Å². The van der Waals surface area contributed by atoms with Crippen molar-refractivity contribution in [2.75, 3.05) is 19.6 Å². The van der Waals surface area contributed by atoms with E-state index in [-0.39, 0.29) is 0 Å². The van der Waals surface area contributed by atoms with Crippen LogP contribution in [0.1, 0.15) is 90.9 Å². The minimum absolute atomic E-state index is 0.460. The summed E-state index contributed by atoms with van der Waals surface area (Å²) in [5.74, 6) is 4.60. The van der Waals surface area contributed by atoms with Gasteiger partial charge in [0.15, 0.2) is 0 Å². The van der Waals surface area contributed by atoms with Crippen LogP contribution in [-0.2, 0) is 0 Å². The molecule has 4 heteroatoms. The molecule has 7 atom stereocenters. The summed E-state index contributed by atoms with van der Waals surface area (Å²) in [5, 5.41) is 12.0. The predicted octanol–water partition coefficient (Wildman–Crippen LogP) is 4.32. The zero-order chi connectivity index (χ0) is 20.5. The van der Waals surface area contributed by atoms with E-state index in [2.05, 4.69) is 34.7 Å². The van der Waals surface area contributed by atoms with Crippen LogP contribution < -0.4 is 16.0 Å². The molecule has 0 aromatic heterocycles. The van der Waals surface area contributed by atoms with Gasteiger partial charge in [0.1, 0.15) is 0 Å². The van der Waals surface area contributed by atoms with Gasteiger partial charge >= 0.3 is 0 Å². The first-order chi connectivity index (χ1) is 14.7. The minimum Gasteiger partial charge on any atom is -0.314 e. The second-order valence-corrected chi connectivity index (χ2v) is 11.8. The van der Waals surface area contributed by atoms with E-state index in [0.717, 1.165) is 41.7 Å². The van der Waals surface area contributed by atoms with Gasteiger partial charge in [0.25, 0.3) is 0 Å². The Morgan fingerprint density at radius 1 is 0.800 bits per heavy atom. The molecule has 3 aliphatic carbocycles. The number of hydrogen-bond donors (Lipinski definition) is 3. The number of rotatable bonds is 4. The molecule has 5 rings (SSSR count). The van der Waals surface area contributed by atoms with Gasteiger partial charge in [-0.1, -0.05) is 26.2 Å². The summed E-state index contributed by atoms with van der Waals surface area (Å²) in [7, 11) is 0. The largest absolute Gasteiger partial charge is 0.314 e. The molecule has 0 radical (unpaired) electrons. The number of nitrogens with zero attached hydrogens (tertiary/aromatic N) is 1. The summed E-state index contributed by atoms with van der Waals surface area (Å²) in [5.41, 5.74) is 0. The molecule has 0 aromatic carbocycles. The highest BCUT2D eigenvalue weighted by atomic mass is 15.3. The van der Waals surface area contributed by atoms with E-state index < -0.39 is 0 Å². The number of piperidine rings is 1. The first-order valence-corrected chi connectivity index (χ1v) is 13.7. The summed E-state index contributed by atoms with van der Waals surface area (Å²) in [6.07, 6.45) is 18.3. The van der Waals surface area contributed by atoms with Crippen LogP contribution in [0.5, 0.6) is 0 Å². The van der Waals surface area contributed by atoms with Gasteiger partial charge in [-0.3, -0.25) is 15.5 Å². The monoisotopic (exact) mass is 416 g/mol. The number of likely N-dealkylation sites (tertiary alicyclic amines) is 1. The van der Waals surface area contributed by atoms with Gasteiger partial charge in [-0.2, -0.15) is 0 Å². The van der Waals surface area contributed by atoms with Crippen molar-refractivity contribution in [3.8, 4) is 0 Å². The van der Waals surface area contributed by atoms with Crippen molar-refractivity contribution in [3.05, 3.63) is 0 Å². The topological polar surface area (TPSA) is 39.3 Å². The first kappa shape index (κ1) is 21.7. The van der Waals surface area contributed by atoms with Crippen molar-refractivity contribution in [1.29, 1.82) is 0 Å². The molecule has 30 heavy (non-hydrogen) atoms. The summed E-state index contributed by atoms with van der Waals surface area (Å²) >= 11 is 0. The van der Waals surface area contributed by atoms with E-state index in [4.69, 9.17) is 0 Å². The average Bonchev–Trinajstić information content (AvgIpc) is 2.78. The van der Waals surface area contributed by atoms with E-state index in [1.807, 2.05) is 0 Å². The van der Waals surface area contributed by atoms with E-state index in [0.29, 0.717) is 12.3 Å². The normalized spacial score (nSPS) is 48.0. The Labute approximate surface area is 185 Å². The van der Waals surface area contributed by atoms with Crippen molar-refractivity contribution in [1.82, 2.24) is 20.9 Å². The van der Waals surface area contributed by atoms with Crippen molar-refractivity contribution in [2.24, 2.45) is 29.6 Å². The first-order valence-electron chi connectivity index (χ1n) is 13.7. The fourth-order valence-electron chi connectivity index (χ4n) is 7.94. The summed E-state index contributed by atoms with van der Waals surface area (Å²) in [6.45, 7) is 8.71. The molecule has 0 spiro atoms.